The molecule has 4 aromatic rings. The van der Waals surface area contributed by atoms with Crippen LogP contribution in [0.2, 0.25) is 0 Å². The predicted octanol–water partition coefficient (Wildman–Crippen LogP) is 7.31. The molecule has 0 N–H and O–H groups in total. The number of nitriles is 1. The quantitative estimate of drug-likeness (QED) is 0.321. The highest BCUT2D eigenvalue weighted by molar-refractivity contribution is 5.94. The van der Waals surface area contributed by atoms with Crippen LogP contribution >= 0.6 is 0 Å². The van der Waals surface area contributed by atoms with E-state index in [4.69, 9.17) is 6.57 Å². The highest BCUT2D eigenvalue weighted by atomic mass is 15.1. The van der Waals surface area contributed by atoms with E-state index in [1.165, 1.54) is 0 Å². The second-order valence-electron chi connectivity index (χ2n) is 7.45. The van der Waals surface area contributed by atoms with Crippen molar-refractivity contribution in [3.05, 3.63) is 114 Å². The van der Waals surface area contributed by atoms with Gasteiger partial charge in [0.25, 0.3) is 0 Å². The minimum atomic E-state index is 0.449. The van der Waals surface area contributed by atoms with Gasteiger partial charge in [-0.1, -0.05) is 42.5 Å². The molecular formula is C28H22N4. The van der Waals surface area contributed by atoms with E-state index in [0.717, 1.165) is 33.9 Å². The van der Waals surface area contributed by atoms with E-state index < -0.39 is 0 Å². The molecule has 4 heteroatoms. The van der Waals surface area contributed by atoms with Crippen LogP contribution in [0, 0.1) is 17.9 Å². The molecule has 4 rings (SSSR count). The maximum Gasteiger partial charge on any atom is 0.189 e. The van der Waals surface area contributed by atoms with Crippen molar-refractivity contribution in [1.29, 1.82) is 5.26 Å². The summed E-state index contributed by atoms with van der Waals surface area (Å²) in [6.07, 6.45) is 0. The molecule has 0 amide bonds. The van der Waals surface area contributed by atoms with Gasteiger partial charge < -0.3 is 9.80 Å². The van der Waals surface area contributed by atoms with Crippen LogP contribution in [0.25, 0.3) is 16.0 Å². The maximum atomic E-state index is 9.57. The van der Waals surface area contributed by atoms with Crippen molar-refractivity contribution >= 4 is 28.4 Å². The van der Waals surface area contributed by atoms with Crippen molar-refractivity contribution in [2.75, 3.05) is 23.9 Å². The predicted molar refractivity (Wildman–Crippen MR) is 132 cm³/mol. The molecular weight excluding hydrogens is 392 g/mol. The number of rotatable bonds is 5. The Morgan fingerprint density at radius 3 is 1.72 bits per heavy atom. The molecule has 0 aliphatic carbocycles. The van der Waals surface area contributed by atoms with Gasteiger partial charge in [0.2, 0.25) is 0 Å². The Labute approximate surface area is 189 Å². The van der Waals surface area contributed by atoms with Crippen LogP contribution < -0.4 is 9.80 Å². The molecule has 0 saturated carbocycles. The zero-order valence-electron chi connectivity index (χ0n) is 18.0. The molecule has 0 radical (unpaired) electrons. The van der Waals surface area contributed by atoms with Gasteiger partial charge in [-0.25, -0.2) is 4.85 Å². The topological polar surface area (TPSA) is 34.6 Å². The third-order valence-corrected chi connectivity index (χ3v) is 5.49. The average Bonchev–Trinajstić information content (AvgIpc) is 2.88. The van der Waals surface area contributed by atoms with Crippen LogP contribution in [0.5, 0.6) is 0 Å². The van der Waals surface area contributed by atoms with Crippen LogP contribution in [0.3, 0.4) is 0 Å². The Kier molecular flexibility index (Phi) is 5.88. The summed E-state index contributed by atoms with van der Waals surface area (Å²) in [6, 6.07) is 34.0. The zero-order chi connectivity index (χ0) is 22.5. The summed E-state index contributed by atoms with van der Waals surface area (Å²) in [7, 11) is 4.06. The van der Waals surface area contributed by atoms with Gasteiger partial charge in [-0.3, -0.25) is 0 Å². The summed E-state index contributed by atoms with van der Waals surface area (Å²) < 4.78 is 0. The molecule has 0 aromatic heterocycles. The van der Waals surface area contributed by atoms with E-state index in [9.17, 15) is 5.26 Å². The van der Waals surface area contributed by atoms with E-state index in [0.29, 0.717) is 11.3 Å². The lowest BCUT2D eigenvalue weighted by Gasteiger charge is -2.29. The van der Waals surface area contributed by atoms with Crippen molar-refractivity contribution in [3.8, 4) is 17.2 Å². The molecule has 32 heavy (non-hydrogen) atoms. The minimum absolute atomic E-state index is 0.449. The van der Waals surface area contributed by atoms with Crippen LogP contribution in [-0.2, 0) is 0 Å². The van der Waals surface area contributed by atoms with Gasteiger partial charge in [0.15, 0.2) is 5.69 Å². The molecule has 0 aliphatic heterocycles. The Hall–Kier alpha value is -4.54. The third kappa shape index (κ3) is 4.03. The van der Waals surface area contributed by atoms with Crippen molar-refractivity contribution in [1.82, 2.24) is 0 Å². The lowest BCUT2D eigenvalue weighted by atomic mass is 9.97. The van der Waals surface area contributed by atoms with Crippen molar-refractivity contribution < 1.29 is 0 Å². The molecule has 0 unspecified atom stereocenters. The SMILES string of the molecule is [C-]#[N+]c1cc(C#N)cc(-c2c(N(C)c3ccccc3)cccc2N(C)c2ccccc2)c1. The van der Waals surface area contributed by atoms with E-state index in [1.807, 2.05) is 68.7 Å². The number of para-hydroxylation sites is 2. The van der Waals surface area contributed by atoms with Gasteiger partial charge >= 0.3 is 0 Å². The number of benzene rings is 4. The van der Waals surface area contributed by atoms with Gasteiger partial charge in [0.1, 0.15) is 0 Å². The number of hydrogen-bond acceptors (Lipinski definition) is 3. The number of nitrogens with zero attached hydrogens (tertiary/aromatic N) is 4. The Bertz CT molecular complexity index is 1220. The fourth-order valence-electron chi connectivity index (χ4n) is 3.85. The van der Waals surface area contributed by atoms with E-state index in [-0.39, 0.29) is 0 Å². The van der Waals surface area contributed by atoms with E-state index in [1.54, 1.807) is 6.07 Å². The maximum absolute atomic E-state index is 9.57. The first kappa shape index (κ1) is 20.7. The van der Waals surface area contributed by atoms with Crippen LogP contribution in [0.4, 0.5) is 28.4 Å². The summed E-state index contributed by atoms with van der Waals surface area (Å²) in [5.74, 6) is 0. The van der Waals surface area contributed by atoms with Crippen LogP contribution in [0.15, 0.2) is 97.1 Å². The zero-order valence-corrected chi connectivity index (χ0v) is 18.0. The number of anilines is 4. The van der Waals surface area contributed by atoms with E-state index >= 15 is 0 Å². The van der Waals surface area contributed by atoms with Gasteiger partial charge in [0.05, 0.1) is 24.0 Å². The first-order valence-corrected chi connectivity index (χ1v) is 10.3. The normalized spacial score (nSPS) is 10.1. The molecule has 4 aromatic carbocycles. The van der Waals surface area contributed by atoms with Crippen LogP contribution in [-0.4, -0.2) is 14.1 Å². The molecule has 0 saturated heterocycles. The summed E-state index contributed by atoms with van der Waals surface area (Å²) in [6.45, 7) is 7.51. The van der Waals surface area contributed by atoms with Gasteiger partial charge in [0, 0.05) is 36.6 Å². The second-order valence-corrected chi connectivity index (χ2v) is 7.45. The lowest BCUT2D eigenvalue weighted by molar-refractivity contribution is 1.18. The first-order chi connectivity index (χ1) is 15.6. The summed E-state index contributed by atoms with van der Waals surface area (Å²) in [5, 5.41) is 9.57. The monoisotopic (exact) mass is 414 g/mol. The van der Waals surface area contributed by atoms with Crippen molar-refractivity contribution in [2.24, 2.45) is 0 Å². The van der Waals surface area contributed by atoms with Gasteiger partial charge in [-0.05, 0) is 60.2 Å². The molecule has 0 aliphatic rings. The molecule has 0 atom stereocenters. The Morgan fingerprint density at radius 2 is 1.25 bits per heavy atom. The fraction of sp³-hybridized carbons (Fsp3) is 0.0714. The first-order valence-electron chi connectivity index (χ1n) is 10.3. The minimum Gasteiger partial charge on any atom is -0.344 e. The molecule has 154 valence electrons. The Balaban J connectivity index is 1.99. The smallest absolute Gasteiger partial charge is 0.189 e. The molecule has 4 nitrogen and oxygen atoms in total. The third-order valence-electron chi connectivity index (χ3n) is 5.49. The van der Waals surface area contributed by atoms with Gasteiger partial charge in [-0.15, -0.1) is 0 Å². The van der Waals surface area contributed by atoms with E-state index in [2.05, 4.69) is 57.1 Å². The molecule has 0 fully saturated rings. The largest absolute Gasteiger partial charge is 0.344 e. The average molecular weight is 415 g/mol. The van der Waals surface area contributed by atoms with Crippen molar-refractivity contribution in [3.63, 3.8) is 0 Å². The number of hydrogen-bond donors (Lipinski definition) is 0. The Morgan fingerprint density at radius 1 is 0.719 bits per heavy atom. The second kappa shape index (κ2) is 9.08. The van der Waals surface area contributed by atoms with Crippen LogP contribution in [0.1, 0.15) is 5.56 Å². The standard InChI is InChI=1S/C28H22N4/c1-30-23-18-21(20-29)17-22(19-23)28-26(31(2)24-11-6-4-7-12-24)15-10-16-27(28)32(3)25-13-8-5-9-14-25/h4-19H,2-3H3. The highest BCUT2D eigenvalue weighted by Crippen LogP contribution is 2.43. The molecule has 0 bridgehead atoms. The molecule has 0 spiro atoms. The highest BCUT2D eigenvalue weighted by Gasteiger charge is 2.19. The van der Waals surface area contributed by atoms with Gasteiger partial charge in [-0.2, -0.15) is 5.26 Å². The summed E-state index contributed by atoms with van der Waals surface area (Å²) >= 11 is 0. The lowest BCUT2D eigenvalue weighted by Crippen LogP contribution is -2.15. The molecule has 0 heterocycles. The summed E-state index contributed by atoms with van der Waals surface area (Å²) in [4.78, 5) is 7.87. The summed E-state index contributed by atoms with van der Waals surface area (Å²) in [5.41, 5.74) is 6.80. The fourth-order valence-corrected chi connectivity index (χ4v) is 3.85. The van der Waals surface area contributed by atoms with Crippen molar-refractivity contribution in [2.45, 2.75) is 0 Å².